The van der Waals surface area contributed by atoms with E-state index in [9.17, 15) is 14.7 Å². The Hall–Kier alpha value is -2.45. The molecule has 132 valence electrons. The molecule has 2 aromatic rings. The van der Waals surface area contributed by atoms with Crippen LogP contribution < -0.4 is 5.32 Å². The standard InChI is InChI=1S/C16H17ClN4O4/c1-9-6-13(20-25-9)15(23)19-11-4-5-21(8-14(11)22)16(24)12-3-2-10(17)7-18-12/h2-3,6-7,11,14,22H,4-5,8H2,1H3,(H,19,23)/t11-,14-/m1/s1. The number of amides is 2. The second-order valence-electron chi connectivity index (χ2n) is 5.87. The van der Waals surface area contributed by atoms with Gasteiger partial charge >= 0.3 is 0 Å². The molecule has 2 N–H and O–H groups in total. The van der Waals surface area contributed by atoms with Crippen LogP contribution in [0.25, 0.3) is 0 Å². The summed E-state index contributed by atoms with van der Waals surface area (Å²) < 4.78 is 4.86. The number of aromatic nitrogens is 2. The molecule has 0 saturated carbocycles. The van der Waals surface area contributed by atoms with Gasteiger partial charge in [-0.1, -0.05) is 16.8 Å². The highest BCUT2D eigenvalue weighted by Crippen LogP contribution is 2.16. The number of aliphatic hydroxyl groups excluding tert-OH is 1. The van der Waals surface area contributed by atoms with Crippen molar-refractivity contribution >= 4 is 23.4 Å². The zero-order valence-corrected chi connectivity index (χ0v) is 14.2. The van der Waals surface area contributed by atoms with Gasteiger partial charge in [0.05, 0.1) is 17.2 Å². The summed E-state index contributed by atoms with van der Waals surface area (Å²) in [7, 11) is 0. The highest BCUT2D eigenvalue weighted by atomic mass is 35.5. The van der Waals surface area contributed by atoms with Gasteiger partial charge in [-0.2, -0.15) is 0 Å². The molecule has 2 amide bonds. The average molecular weight is 365 g/mol. The smallest absolute Gasteiger partial charge is 0.273 e. The predicted molar refractivity (Wildman–Crippen MR) is 88.3 cm³/mol. The first-order valence-electron chi connectivity index (χ1n) is 7.77. The van der Waals surface area contributed by atoms with Crippen molar-refractivity contribution in [1.29, 1.82) is 0 Å². The van der Waals surface area contributed by atoms with Crippen LogP contribution in [-0.4, -0.2) is 57.2 Å². The number of halogens is 1. The van der Waals surface area contributed by atoms with Gasteiger partial charge in [0, 0.05) is 25.4 Å². The summed E-state index contributed by atoms with van der Waals surface area (Å²) in [5.41, 5.74) is 0.422. The lowest BCUT2D eigenvalue weighted by Crippen LogP contribution is -2.55. The molecule has 1 aliphatic heterocycles. The number of hydrogen-bond acceptors (Lipinski definition) is 6. The molecule has 1 aliphatic rings. The molecule has 1 saturated heterocycles. The molecule has 2 aromatic heterocycles. The number of nitrogens with zero attached hydrogens (tertiary/aromatic N) is 3. The van der Waals surface area contributed by atoms with Crippen LogP contribution in [0.5, 0.6) is 0 Å². The predicted octanol–water partition coefficient (Wildman–Crippen LogP) is 1.04. The normalized spacial score (nSPS) is 20.4. The van der Waals surface area contributed by atoms with E-state index in [-0.39, 0.29) is 23.8 Å². The Labute approximate surface area is 148 Å². The third-order valence-electron chi connectivity index (χ3n) is 3.99. The van der Waals surface area contributed by atoms with Gasteiger partial charge in [0.2, 0.25) is 0 Å². The van der Waals surface area contributed by atoms with Gasteiger partial charge in [0.1, 0.15) is 11.5 Å². The molecule has 0 spiro atoms. The Balaban J connectivity index is 1.59. The SMILES string of the molecule is Cc1cc(C(=O)N[C@@H]2CCN(C(=O)c3ccc(Cl)cn3)C[C@H]2O)no1. The van der Waals surface area contributed by atoms with E-state index in [1.165, 1.54) is 23.2 Å². The molecular weight excluding hydrogens is 348 g/mol. The van der Waals surface area contributed by atoms with Gasteiger partial charge in [-0.05, 0) is 25.5 Å². The van der Waals surface area contributed by atoms with Gasteiger partial charge < -0.3 is 19.8 Å². The van der Waals surface area contributed by atoms with Crippen molar-refractivity contribution in [3.63, 3.8) is 0 Å². The summed E-state index contributed by atoms with van der Waals surface area (Å²) in [4.78, 5) is 30.0. The van der Waals surface area contributed by atoms with Crippen LogP contribution in [0.15, 0.2) is 28.9 Å². The zero-order valence-electron chi connectivity index (χ0n) is 13.5. The topological polar surface area (TPSA) is 109 Å². The minimum atomic E-state index is -0.887. The summed E-state index contributed by atoms with van der Waals surface area (Å²) in [6.07, 6.45) is 0.934. The van der Waals surface area contributed by atoms with Gasteiger partial charge in [-0.25, -0.2) is 4.98 Å². The molecule has 0 radical (unpaired) electrons. The van der Waals surface area contributed by atoms with Crippen LogP contribution in [0.1, 0.15) is 33.2 Å². The first-order valence-corrected chi connectivity index (χ1v) is 8.15. The fraction of sp³-hybridized carbons (Fsp3) is 0.375. The van der Waals surface area contributed by atoms with Crippen LogP contribution in [0.2, 0.25) is 5.02 Å². The van der Waals surface area contributed by atoms with Crippen molar-refractivity contribution in [2.75, 3.05) is 13.1 Å². The number of carbonyl (C=O) groups excluding carboxylic acids is 2. The molecule has 2 atom stereocenters. The Morgan fingerprint density at radius 2 is 2.20 bits per heavy atom. The van der Waals surface area contributed by atoms with Crippen LogP contribution >= 0.6 is 11.6 Å². The lowest BCUT2D eigenvalue weighted by molar-refractivity contribution is 0.0310. The molecule has 25 heavy (non-hydrogen) atoms. The van der Waals surface area contributed by atoms with Crippen molar-refractivity contribution in [3.8, 4) is 0 Å². The summed E-state index contributed by atoms with van der Waals surface area (Å²) >= 11 is 5.77. The van der Waals surface area contributed by atoms with Crippen LogP contribution in [0.4, 0.5) is 0 Å². The minimum Gasteiger partial charge on any atom is -0.389 e. The van der Waals surface area contributed by atoms with E-state index in [1.54, 1.807) is 13.0 Å². The van der Waals surface area contributed by atoms with Crippen LogP contribution in [0, 0.1) is 6.92 Å². The van der Waals surface area contributed by atoms with Gasteiger partial charge in [0.25, 0.3) is 11.8 Å². The highest BCUT2D eigenvalue weighted by Gasteiger charge is 2.32. The lowest BCUT2D eigenvalue weighted by Gasteiger charge is -2.36. The highest BCUT2D eigenvalue weighted by molar-refractivity contribution is 6.30. The van der Waals surface area contributed by atoms with Crippen LogP contribution in [0.3, 0.4) is 0 Å². The summed E-state index contributed by atoms with van der Waals surface area (Å²) in [6, 6.07) is 4.18. The maximum atomic E-state index is 12.4. The molecule has 0 unspecified atom stereocenters. The van der Waals surface area contributed by atoms with E-state index in [1.807, 2.05) is 0 Å². The molecule has 3 heterocycles. The average Bonchev–Trinajstić information content (AvgIpc) is 3.03. The molecule has 0 aromatic carbocycles. The summed E-state index contributed by atoms with van der Waals surface area (Å²) in [5.74, 6) is -0.172. The zero-order chi connectivity index (χ0) is 18.0. The van der Waals surface area contributed by atoms with Gasteiger partial charge in [0.15, 0.2) is 5.69 Å². The number of β-amino-alcohol motifs (C(OH)–C–C–N with tert-alkyl or cyclic N) is 1. The Kier molecular flexibility index (Phi) is 5.00. The number of pyridine rings is 1. The van der Waals surface area contributed by atoms with E-state index in [2.05, 4.69) is 15.5 Å². The minimum absolute atomic E-state index is 0.103. The largest absolute Gasteiger partial charge is 0.389 e. The fourth-order valence-electron chi connectivity index (χ4n) is 2.66. The van der Waals surface area contributed by atoms with Crippen molar-refractivity contribution < 1.29 is 19.2 Å². The second kappa shape index (κ2) is 7.20. The molecule has 3 rings (SSSR count). The molecule has 0 aliphatic carbocycles. The molecule has 9 heteroatoms. The van der Waals surface area contributed by atoms with Crippen molar-refractivity contribution in [3.05, 3.63) is 46.6 Å². The summed E-state index contributed by atoms with van der Waals surface area (Å²) in [5, 5.41) is 17.1. The van der Waals surface area contributed by atoms with Crippen molar-refractivity contribution in [2.24, 2.45) is 0 Å². The maximum absolute atomic E-state index is 12.4. The monoisotopic (exact) mass is 364 g/mol. The van der Waals surface area contributed by atoms with Crippen molar-refractivity contribution in [1.82, 2.24) is 20.4 Å². The number of rotatable bonds is 3. The maximum Gasteiger partial charge on any atom is 0.273 e. The number of piperidine rings is 1. The molecule has 0 bridgehead atoms. The number of hydrogen-bond donors (Lipinski definition) is 2. The van der Waals surface area contributed by atoms with E-state index < -0.39 is 18.1 Å². The molecule has 1 fully saturated rings. The quantitative estimate of drug-likeness (QED) is 0.842. The van der Waals surface area contributed by atoms with Gasteiger partial charge in [-0.15, -0.1) is 0 Å². The molecule has 8 nitrogen and oxygen atoms in total. The lowest BCUT2D eigenvalue weighted by atomic mass is 10.0. The number of aliphatic hydroxyl groups is 1. The second-order valence-corrected chi connectivity index (χ2v) is 6.31. The first-order chi connectivity index (χ1) is 11.9. The Bertz CT molecular complexity index is 777. The fourth-order valence-corrected chi connectivity index (χ4v) is 2.78. The number of likely N-dealkylation sites (tertiary alicyclic amines) is 1. The van der Waals surface area contributed by atoms with E-state index >= 15 is 0 Å². The van der Waals surface area contributed by atoms with Crippen molar-refractivity contribution in [2.45, 2.75) is 25.5 Å². The molecular formula is C16H17ClN4O4. The van der Waals surface area contributed by atoms with E-state index in [0.717, 1.165) is 0 Å². The van der Waals surface area contributed by atoms with Gasteiger partial charge in [-0.3, -0.25) is 9.59 Å². The van der Waals surface area contributed by atoms with E-state index in [0.29, 0.717) is 23.7 Å². The Morgan fingerprint density at radius 1 is 1.40 bits per heavy atom. The van der Waals surface area contributed by atoms with Crippen LogP contribution in [-0.2, 0) is 0 Å². The number of nitrogens with one attached hydrogen (secondary N) is 1. The third-order valence-corrected chi connectivity index (χ3v) is 4.22. The summed E-state index contributed by atoms with van der Waals surface area (Å²) in [6.45, 7) is 2.18. The number of aryl methyl sites for hydroxylation is 1. The first kappa shape index (κ1) is 17.4. The third kappa shape index (κ3) is 3.97. The Morgan fingerprint density at radius 3 is 2.80 bits per heavy atom. The van der Waals surface area contributed by atoms with E-state index in [4.69, 9.17) is 16.1 Å². The number of carbonyl (C=O) groups is 2.